The van der Waals surface area contributed by atoms with Crippen LogP contribution >= 0.6 is 0 Å². The fraction of sp³-hybridized carbons (Fsp3) is 0.667. The van der Waals surface area contributed by atoms with E-state index in [1.165, 1.54) is 0 Å². The molecular formula is C12H20N4O2. The van der Waals surface area contributed by atoms with Gasteiger partial charge in [-0.3, -0.25) is 0 Å². The van der Waals surface area contributed by atoms with Crippen molar-refractivity contribution < 1.29 is 9.84 Å². The minimum absolute atomic E-state index is 0.249. The summed E-state index contributed by atoms with van der Waals surface area (Å²) in [5.74, 6) is 2.47. The summed E-state index contributed by atoms with van der Waals surface area (Å²) in [6, 6.07) is 1.79. The van der Waals surface area contributed by atoms with Gasteiger partial charge in [-0.1, -0.05) is 0 Å². The van der Waals surface area contributed by atoms with Gasteiger partial charge in [0.2, 0.25) is 0 Å². The Morgan fingerprint density at radius 1 is 1.56 bits per heavy atom. The molecule has 2 heterocycles. The van der Waals surface area contributed by atoms with Gasteiger partial charge in [0.1, 0.15) is 18.2 Å². The van der Waals surface area contributed by atoms with Gasteiger partial charge in [0.15, 0.2) is 5.82 Å². The van der Waals surface area contributed by atoms with Gasteiger partial charge >= 0.3 is 0 Å². The van der Waals surface area contributed by atoms with E-state index >= 15 is 0 Å². The smallest absolute Gasteiger partial charge is 0.158 e. The van der Waals surface area contributed by atoms with Crippen LogP contribution in [0, 0.1) is 5.92 Å². The Morgan fingerprint density at radius 2 is 2.39 bits per heavy atom. The molecule has 6 heteroatoms. The van der Waals surface area contributed by atoms with Crippen molar-refractivity contribution in [3.63, 3.8) is 0 Å². The highest BCUT2D eigenvalue weighted by atomic mass is 16.5. The van der Waals surface area contributed by atoms with Gasteiger partial charge in [0, 0.05) is 32.9 Å². The lowest BCUT2D eigenvalue weighted by molar-refractivity contribution is 0.178. The second-order valence-electron chi connectivity index (χ2n) is 4.61. The molecular weight excluding hydrogens is 232 g/mol. The summed E-state index contributed by atoms with van der Waals surface area (Å²) >= 11 is 0. The van der Waals surface area contributed by atoms with Crippen molar-refractivity contribution in [3.8, 4) is 0 Å². The molecule has 1 unspecified atom stereocenters. The van der Waals surface area contributed by atoms with Crippen molar-refractivity contribution in [3.05, 3.63) is 11.9 Å². The Balaban J connectivity index is 2.08. The highest BCUT2D eigenvalue weighted by Gasteiger charge is 2.23. The summed E-state index contributed by atoms with van der Waals surface area (Å²) in [4.78, 5) is 10.8. The van der Waals surface area contributed by atoms with Crippen molar-refractivity contribution in [1.29, 1.82) is 0 Å². The van der Waals surface area contributed by atoms with Crippen LogP contribution in [-0.2, 0) is 11.3 Å². The number of hydrogen-bond acceptors (Lipinski definition) is 6. The zero-order chi connectivity index (χ0) is 13.0. The third kappa shape index (κ3) is 3.08. The Labute approximate surface area is 107 Å². The van der Waals surface area contributed by atoms with Crippen molar-refractivity contribution in [2.24, 2.45) is 5.92 Å². The molecule has 0 aromatic carbocycles. The lowest BCUT2D eigenvalue weighted by Gasteiger charge is -2.18. The first-order valence-corrected chi connectivity index (χ1v) is 6.21. The Morgan fingerprint density at radius 3 is 3.11 bits per heavy atom. The second-order valence-corrected chi connectivity index (χ2v) is 4.61. The molecule has 6 nitrogen and oxygen atoms in total. The molecule has 0 aliphatic carbocycles. The first-order valence-electron chi connectivity index (χ1n) is 6.21. The Bertz CT molecular complexity index is 400. The number of methoxy groups -OCH3 is 1. The average Bonchev–Trinajstić information content (AvgIpc) is 2.78. The van der Waals surface area contributed by atoms with Crippen molar-refractivity contribution in [2.75, 3.05) is 37.4 Å². The number of hydrogen-bond donors (Lipinski definition) is 2. The van der Waals surface area contributed by atoms with E-state index < -0.39 is 0 Å². The topological polar surface area (TPSA) is 84.5 Å². The first-order chi connectivity index (χ1) is 8.72. The standard InChI is InChI=1S/C12H20N4O2/c1-18-8-11-14-10(13)6-12(15-11)16-4-2-9(7-16)3-5-17/h6,9,17H,2-5,7-8H2,1H3,(H2,13,14,15). The predicted octanol–water partition coefficient (Wildman–Crippen LogP) is 0.414. The number of nitrogens with two attached hydrogens (primary N) is 1. The summed E-state index contributed by atoms with van der Waals surface area (Å²) in [7, 11) is 1.61. The van der Waals surface area contributed by atoms with Crippen LogP contribution in [0.5, 0.6) is 0 Å². The lowest BCUT2D eigenvalue weighted by Crippen LogP contribution is -2.22. The fourth-order valence-corrected chi connectivity index (χ4v) is 2.32. The molecule has 0 spiro atoms. The number of anilines is 2. The molecule has 100 valence electrons. The molecule has 1 aromatic heterocycles. The Kier molecular flexibility index (Phi) is 4.33. The fourth-order valence-electron chi connectivity index (χ4n) is 2.32. The normalized spacial score (nSPS) is 19.4. The highest BCUT2D eigenvalue weighted by Crippen LogP contribution is 2.25. The van der Waals surface area contributed by atoms with E-state index in [9.17, 15) is 0 Å². The van der Waals surface area contributed by atoms with Crippen LogP contribution in [0.3, 0.4) is 0 Å². The van der Waals surface area contributed by atoms with E-state index in [0.717, 1.165) is 31.7 Å². The van der Waals surface area contributed by atoms with E-state index in [-0.39, 0.29) is 6.61 Å². The molecule has 1 aliphatic rings. The van der Waals surface area contributed by atoms with Crippen LogP contribution in [-0.4, -0.2) is 41.9 Å². The van der Waals surface area contributed by atoms with Crippen LogP contribution < -0.4 is 10.6 Å². The zero-order valence-corrected chi connectivity index (χ0v) is 10.7. The predicted molar refractivity (Wildman–Crippen MR) is 69.2 cm³/mol. The second kappa shape index (κ2) is 5.97. The van der Waals surface area contributed by atoms with Crippen molar-refractivity contribution in [2.45, 2.75) is 19.4 Å². The number of ether oxygens (including phenoxy) is 1. The van der Waals surface area contributed by atoms with Crippen LogP contribution in [0.15, 0.2) is 6.07 Å². The quantitative estimate of drug-likeness (QED) is 0.789. The number of aliphatic hydroxyl groups excluding tert-OH is 1. The minimum atomic E-state index is 0.249. The first kappa shape index (κ1) is 13.0. The van der Waals surface area contributed by atoms with Crippen molar-refractivity contribution in [1.82, 2.24) is 9.97 Å². The maximum Gasteiger partial charge on any atom is 0.158 e. The van der Waals surface area contributed by atoms with E-state index in [1.807, 2.05) is 0 Å². The number of rotatable bonds is 5. The molecule has 0 amide bonds. The van der Waals surface area contributed by atoms with Crippen LogP contribution in [0.25, 0.3) is 0 Å². The van der Waals surface area contributed by atoms with Gasteiger partial charge in [-0.25, -0.2) is 9.97 Å². The third-order valence-electron chi connectivity index (χ3n) is 3.20. The summed E-state index contributed by atoms with van der Waals surface area (Å²) in [5.41, 5.74) is 5.78. The molecule has 0 saturated carbocycles. The number of aromatic nitrogens is 2. The van der Waals surface area contributed by atoms with Gasteiger partial charge in [-0.15, -0.1) is 0 Å². The number of aliphatic hydroxyl groups is 1. The monoisotopic (exact) mass is 252 g/mol. The molecule has 1 saturated heterocycles. The van der Waals surface area contributed by atoms with Crippen molar-refractivity contribution >= 4 is 11.6 Å². The summed E-state index contributed by atoms with van der Waals surface area (Å²) in [5, 5.41) is 8.96. The van der Waals surface area contributed by atoms with E-state index in [2.05, 4.69) is 14.9 Å². The average molecular weight is 252 g/mol. The number of nitrogens with zero attached hydrogens (tertiary/aromatic N) is 3. The molecule has 1 fully saturated rings. The van der Waals surface area contributed by atoms with Gasteiger partial charge < -0.3 is 20.5 Å². The van der Waals surface area contributed by atoms with Gasteiger partial charge in [-0.2, -0.15) is 0 Å². The third-order valence-corrected chi connectivity index (χ3v) is 3.20. The van der Waals surface area contributed by atoms with Crippen LogP contribution in [0.4, 0.5) is 11.6 Å². The van der Waals surface area contributed by atoms with E-state index in [0.29, 0.717) is 24.2 Å². The van der Waals surface area contributed by atoms with E-state index in [4.69, 9.17) is 15.6 Å². The highest BCUT2D eigenvalue weighted by molar-refractivity contribution is 5.47. The summed E-state index contributed by atoms with van der Waals surface area (Å²) in [6.45, 7) is 2.49. The van der Waals surface area contributed by atoms with Gasteiger partial charge in [0.05, 0.1) is 0 Å². The zero-order valence-electron chi connectivity index (χ0n) is 10.7. The SMILES string of the molecule is COCc1nc(N)cc(N2CCC(CCO)C2)n1. The molecule has 2 rings (SSSR count). The Hall–Kier alpha value is -1.40. The molecule has 0 bridgehead atoms. The molecule has 1 aromatic rings. The van der Waals surface area contributed by atoms with E-state index in [1.54, 1.807) is 13.2 Å². The molecule has 1 atom stereocenters. The maximum atomic E-state index is 8.96. The number of nitrogen functional groups attached to an aromatic ring is 1. The maximum absolute atomic E-state index is 8.96. The largest absolute Gasteiger partial charge is 0.396 e. The lowest BCUT2D eigenvalue weighted by atomic mass is 10.1. The van der Waals surface area contributed by atoms with Gasteiger partial charge in [0.25, 0.3) is 0 Å². The molecule has 3 N–H and O–H groups in total. The molecule has 1 aliphatic heterocycles. The van der Waals surface area contributed by atoms with Gasteiger partial charge in [-0.05, 0) is 18.8 Å². The summed E-state index contributed by atoms with van der Waals surface area (Å²) in [6.07, 6.45) is 1.94. The van der Waals surface area contributed by atoms with Crippen LogP contribution in [0.1, 0.15) is 18.7 Å². The molecule has 0 radical (unpaired) electrons. The van der Waals surface area contributed by atoms with Crippen LogP contribution in [0.2, 0.25) is 0 Å². The summed E-state index contributed by atoms with van der Waals surface area (Å²) < 4.78 is 5.03. The molecule has 18 heavy (non-hydrogen) atoms. The minimum Gasteiger partial charge on any atom is -0.396 e.